The normalized spacial score (nSPS) is 18.1. The van der Waals surface area contributed by atoms with E-state index in [9.17, 15) is 14.4 Å². The van der Waals surface area contributed by atoms with Crippen molar-refractivity contribution >= 4 is 29.8 Å². The van der Waals surface area contributed by atoms with E-state index in [2.05, 4.69) is 15.4 Å². The molecule has 6 rings (SSSR count). The molecule has 2 atom stereocenters. The number of hydrogen-bond donors (Lipinski definition) is 2. The number of benzene rings is 1. The molecule has 2 N–H and O–H groups in total. The zero-order valence-electron chi connectivity index (χ0n) is 27.6. The molecular weight excluding hydrogens is 618 g/mol. The highest BCUT2D eigenvalue weighted by molar-refractivity contribution is 5.93. The third-order valence-corrected chi connectivity index (χ3v) is 8.66. The van der Waals surface area contributed by atoms with Gasteiger partial charge in [0.15, 0.2) is 11.5 Å². The number of methoxy groups -OCH3 is 1. The average Bonchev–Trinajstić information content (AvgIpc) is 3.78. The molecule has 3 aromatic heterocycles. The Morgan fingerprint density at radius 3 is 2.58 bits per heavy atom. The fourth-order valence-electron chi connectivity index (χ4n) is 6.25. The number of carbonyl (C=O) groups is 4. The van der Waals surface area contributed by atoms with Crippen LogP contribution in [0.5, 0.6) is 11.5 Å². The molecule has 0 spiro atoms. The molecule has 1 saturated heterocycles. The second-order valence-corrected chi connectivity index (χ2v) is 12.0. The number of hydrogen-bond acceptors (Lipinski definition) is 8. The maximum absolute atomic E-state index is 13.6. The zero-order chi connectivity index (χ0) is 34.4. The molecule has 14 heteroatoms. The van der Waals surface area contributed by atoms with Crippen LogP contribution in [-0.4, -0.2) is 105 Å². The molecule has 2 bridgehead atoms. The molecule has 1 aromatic carbocycles. The molecule has 0 saturated carbocycles. The highest BCUT2D eigenvalue weighted by atomic mass is 16.5. The first-order chi connectivity index (χ1) is 23.1. The van der Waals surface area contributed by atoms with Crippen molar-refractivity contribution in [2.24, 2.45) is 5.92 Å². The number of aromatic nitrogens is 4. The molecule has 5 heterocycles. The van der Waals surface area contributed by atoms with Crippen LogP contribution in [0.2, 0.25) is 0 Å². The fourth-order valence-corrected chi connectivity index (χ4v) is 6.25. The van der Waals surface area contributed by atoms with E-state index >= 15 is 0 Å². The van der Waals surface area contributed by atoms with E-state index in [1.165, 1.54) is 0 Å². The average molecular weight is 660 g/mol. The van der Waals surface area contributed by atoms with Crippen LogP contribution in [0.15, 0.2) is 48.8 Å². The van der Waals surface area contributed by atoms with Gasteiger partial charge in [-0.15, -0.1) is 0 Å². The molecule has 14 nitrogen and oxygen atoms in total. The molecule has 0 aliphatic carbocycles. The minimum atomic E-state index is -0.447. The first-order valence-corrected chi connectivity index (χ1v) is 15.8. The number of ether oxygens (including phenoxy) is 2. The lowest BCUT2D eigenvalue weighted by Crippen LogP contribution is -2.39. The lowest BCUT2D eigenvalue weighted by Gasteiger charge is -2.24. The minimum Gasteiger partial charge on any atom is -0.493 e. The van der Waals surface area contributed by atoms with Crippen molar-refractivity contribution in [3.63, 3.8) is 0 Å². The maximum atomic E-state index is 13.6. The van der Waals surface area contributed by atoms with Gasteiger partial charge in [0.05, 0.1) is 25.3 Å². The summed E-state index contributed by atoms with van der Waals surface area (Å²) in [6.07, 6.45) is 4.18. The Labute approximate surface area is 278 Å². The summed E-state index contributed by atoms with van der Waals surface area (Å²) in [5.74, 6) is 0.00277. The molecule has 0 radical (unpaired) electrons. The maximum Gasteiger partial charge on any atom is 0.290 e. The number of rotatable bonds is 4. The van der Waals surface area contributed by atoms with Crippen molar-refractivity contribution < 1.29 is 33.8 Å². The van der Waals surface area contributed by atoms with Gasteiger partial charge in [-0.2, -0.15) is 5.10 Å². The first kappa shape index (κ1) is 33.9. The van der Waals surface area contributed by atoms with Gasteiger partial charge in [-0.05, 0) is 68.7 Å². The Balaban J connectivity index is 0.00000145. The molecule has 2 aliphatic rings. The van der Waals surface area contributed by atoms with Gasteiger partial charge in [0, 0.05) is 50.2 Å². The summed E-state index contributed by atoms with van der Waals surface area (Å²) in [4.78, 5) is 57.0. The van der Waals surface area contributed by atoms with E-state index in [1.54, 1.807) is 27.8 Å². The van der Waals surface area contributed by atoms with E-state index in [-0.39, 0.29) is 43.3 Å². The van der Waals surface area contributed by atoms with Gasteiger partial charge in [0.1, 0.15) is 24.5 Å². The molecule has 4 aromatic rings. The summed E-state index contributed by atoms with van der Waals surface area (Å²) < 4.78 is 15.3. The van der Waals surface area contributed by atoms with Crippen LogP contribution in [0.4, 0.5) is 0 Å². The quantitative estimate of drug-likeness (QED) is 0.314. The Morgan fingerprint density at radius 2 is 1.85 bits per heavy atom. The number of fused-ring (bicyclic) bond motifs is 5. The van der Waals surface area contributed by atoms with E-state index in [0.29, 0.717) is 62.0 Å². The van der Waals surface area contributed by atoms with Crippen molar-refractivity contribution in [1.82, 2.24) is 34.3 Å². The summed E-state index contributed by atoms with van der Waals surface area (Å²) in [6.45, 7) is 7.76. The van der Waals surface area contributed by atoms with Crippen molar-refractivity contribution in [2.75, 3.05) is 46.4 Å². The summed E-state index contributed by atoms with van der Waals surface area (Å²) in [7, 11) is 1.58. The van der Waals surface area contributed by atoms with Crippen LogP contribution in [-0.2, 0) is 20.9 Å². The topological polar surface area (TPSA) is 161 Å². The van der Waals surface area contributed by atoms with Crippen LogP contribution in [0.3, 0.4) is 0 Å². The zero-order valence-corrected chi connectivity index (χ0v) is 27.6. The Kier molecular flexibility index (Phi) is 10.6. The van der Waals surface area contributed by atoms with Gasteiger partial charge in [-0.1, -0.05) is 6.07 Å². The standard InChI is InChI=1S/C33H39N7O5.CH2O2/c1-21-8-11-38-19-27(35-30(38)14-21)33(43)37-10-5-9-34-32(42)26-18-39(31(41)20-40-23(3)15-22(2)36-40)17-25(26)24-6-7-28(44-4)29(16-24)45-13-12-37;2-1-3/h6-8,11,14-16,19,25-26H,5,9-10,12-13,17-18,20H2,1-4H3,(H,34,42);1H,(H,2,3)/t25-,26+;/m1./s1. The highest BCUT2D eigenvalue weighted by Crippen LogP contribution is 2.38. The van der Waals surface area contributed by atoms with E-state index < -0.39 is 5.92 Å². The second kappa shape index (κ2) is 15.0. The van der Waals surface area contributed by atoms with Gasteiger partial charge < -0.3 is 34.1 Å². The summed E-state index contributed by atoms with van der Waals surface area (Å²) in [5.41, 5.74) is 4.78. The van der Waals surface area contributed by atoms with Crippen LogP contribution in [0.25, 0.3) is 5.65 Å². The number of aryl methyl sites for hydroxylation is 3. The predicted octanol–water partition coefficient (Wildman–Crippen LogP) is 2.45. The Hall–Kier alpha value is -5.40. The molecule has 48 heavy (non-hydrogen) atoms. The number of nitrogens with zero attached hydrogens (tertiary/aromatic N) is 6. The number of carbonyl (C=O) groups excluding carboxylic acids is 3. The van der Waals surface area contributed by atoms with E-state index in [4.69, 9.17) is 19.4 Å². The number of amides is 3. The number of pyridine rings is 1. The van der Waals surface area contributed by atoms with Crippen molar-refractivity contribution in [1.29, 1.82) is 0 Å². The summed E-state index contributed by atoms with van der Waals surface area (Å²) in [6, 6.07) is 11.5. The van der Waals surface area contributed by atoms with Crippen LogP contribution in [0.1, 0.15) is 45.3 Å². The lowest BCUT2D eigenvalue weighted by molar-refractivity contribution is -0.131. The fraction of sp³-hybridized carbons (Fsp3) is 0.412. The second-order valence-electron chi connectivity index (χ2n) is 12.0. The SMILES string of the molecule is COc1ccc2cc1OCCN(C(=O)c1cn3ccc(C)cc3n1)CCCNC(=O)[C@H]1CN(C(=O)Cn3nc(C)cc3C)C[C@H]21.O=CO. The molecule has 254 valence electrons. The van der Waals surface area contributed by atoms with Gasteiger partial charge in [0.2, 0.25) is 11.8 Å². The third kappa shape index (κ3) is 7.59. The number of nitrogens with one attached hydrogen (secondary N) is 1. The van der Waals surface area contributed by atoms with Crippen LogP contribution < -0.4 is 14.8 Å². The van der Waals surface area contributed by atoms with Gasteiger partial charge in [0.25, 0.3) is 12.4 Å². The van der Waals surface area contributed by atoms with Crippen molar-refractivity contribution in [3.8, 4) is 11.5 Å². The van der Waals surface area contributed by atoms with Crippen molar-refractivity contribution in [3.05, 3.63) is 77.0 Å². The molecule has 2 aliphatic heterocycles. The van der Waals surface area contributed by atoms with Crippen molar-refractivity contribution in [2.45, 2.75) is 39.7 Å². The first-order valence-electron chi connectivity index (χ1n) is 15.8. The Bertz CT molecular complexity index is 1800. The molecular formula is C34H41N7O7. The monoisotopic (exact) mass is 659 g/mol. The van der Waals surface area contributed by atoms with Gasteiger partial charge in [-0.3, -0.25) is 23.9 Å². The predicted molar refractivity (Wildman–Crippen MR) is 175 cm³/mol. The van der Waals surface area contributed by atoms with Gasteiger partial charge >= 0.3 is 0 Å². The van der Waals surface area contributed by atoms with Crippen LogP contribution >= 0.6 is 0 Å². The largest absolute Gasteiger partial charge is 0.493 e. The minimum absolute atomic E-state index is 0.0827. The summed E-state index contributed by atoms with van der Waals surface area (Å²) >= 11 is 0. The van der Waals surface area contributed by atoms with E-state index in [1.807, 2.05) is 67.8 Å². The summed E-state index contributed by atoms with van der Waals surface area (Å²) in [5, 5.41) is 14.4. The number of imidazole rings is 1. The highest BCUT2D eigenvalue weighted by Gasteiger charge is 2.41. The Morgan fingerprint density at radius 1 is 1.08 bits per heavy atom. The van der Waals surface area contributed by atoms with Gasteiger partial charge in [-0.25, -0.2) is 4.98 Å². The smallest absolute Gasteiger partial charge is 0.290 e. The molecule has 1 fully saturated rings. The number of likely N-dealkylation sites (tertiary alicyclic amines) is 1. The molecule has 3 amide bonds. The third-order valence-electron chi connectivity index (χ3n) is 8.66. The van der Waals surface area contributed by atoms with E-state index in [0.717, 1.165) is 22.5 Å². The number of carboxylic acid groups (broad SMARTS) is 1. The lowest BCUT2D eigenvalue weighted by atomic mass is 9.88. The molecule has 0 unspecified atom stereocenters. The van der Waals surface area contributed by atoms with Crippen LogP contribution in [0, 0.1) is 26.7 Å².